The van der Waals surface area contributed by atoms with E-state index in [1.54, 1.807) is 12.1 Å². The van der Waals surface area contributed by atoms with Crippen molar-refractivity contribution in [2.24, 2.45) is 0 Å². The highest BCUT2D eigenvalue weighted by molar-refractivity contribution is 7.89. The highest BCUT2D eigenvalue weighted by Gasteiger charge is 2.15. The molecular formula is C15H16N2O4S. The average Bonchev–Trinajstić information content (AvgIpc) is 2.52. The van der Waals surface area contributed by atoms with E-state index in [0.29, 0.717) is 0 Å². The second-order valence-electron chi connectivity index (χ2n) is 4.61. The van der Waals surface area contributed by atoms with Crippen molar-refractivity contribution in [1.29, 1.82) is 0 Å². The normalized spacial score (nSPS) is 11.1. The van der Waals surface area contributed by atoms with Crippen molar-refractivity contribution in [3.05, 3.63) is 59.7 Å². The predicted molar refractivity (Wildman–Crippen MR) is 81.7 cm³/mol. The Morgan fingerprint density at radius 1 is 1.14 bits per heavy atom. The molecule has 6 nitrogen and oxygen atoms in total. The maximum absolute atomic E-state index is 12.1. The van der Waals surface area contributed by atoms with Crippen molar-refractivity contribution in [3.8, 4) is 5.75 Å². The van der Waals surface area contributed by atoms with E-state index in [0.717, 1.165) is 12.0 Å². The van der Waals surface area contributed by atoms with Crippen LogP contribution in [0.15, 0.2) is 53.4 Å². The fourth-order valence-electron chi connectivity index (χ4n) is 1.80. The molecule has 0 aromatic heterocycles. The van der Waals surface area contributed by atoms with Crippen LogP contribution < -0.4 is 10.3 Å². The van der Waals surface area contributed by atoms with Crippen LogP contribution in [0.2, 0.25) is 0 Å². The van der Waals surface area contributed by atoms with Gasteiger partial charge in [-0.15, -0.1) is 4.83 Å². The lowest BCUT2D eigenvalue weighted by atomic mass is 10.2. The molecule has 2 rings (SSSR count). The van der Waals surface area contributed by atoms with Gasteiger partial charge in [0, 0.05) is 5.56 Å². The van der Waals surface area contributed by atoms with E-state index in [1.165, 1.54) is 36.4 Å². The lowest BCUT2D eigenvalue weighted by Gasteiger charge is -2.09. The van der Waals surface area contributed by atoms with Crippen LogP contribution in [-0.4, -0.2) is 19.4 Å². The van der Waals surface area contributed by atoms with E-state index >= 15 is 0 Å². The van der Waals surface area contributed by atoms with Crippen molar-refractivity contribution < 1.29 is 18.3 Å². The number of phenols is 1. The van der Waals surface area contributed by atoms with Gasteiger partial charge < -0.3 is 5.11 Å². The fraction of sp³-hybridized carbons (Fsp3) is 0.133. The van der Waals surface area contributed by atoms with Gasteiger partial charge in [0.15, 0.2) is 0 Å². The van der Waals surface area contributed by atoms with Gasteiger partial charge in [0.05, 0.1) is 4.90 Å². The summed E-state index contributed by atoms with van der Waals surface area (Å²) in [7, 11) is -3.84. The summed E-state index contributed by atoms with van der Waals surface area (Å²) in [6.45, 7) is 1.97. The number of phenolic OH excluding ortho intramolecular Hbond substituents is 1. The molecule has 0 heterocycles. The fourth-order valence-corrected chi connectivity index (χ4v) is 2.64. The van der Waals surface area contributed by atoms with Crippen LogP contribution in [0.5, 0.6) is 5.75 Å². The van der Waals surface area contributed by atoms with Crippen molar-refractivity contribution in [3.63, 3.8) is 0 Å². The molecule has 0 fully saturated rings. The number of hydrogen-bond acceptors (Lipinski definition) is 4. The number of benzene rings is 2. The summed E-state index contributed by atoms with van der Waals surface area (Å²) in [6.07, 6.45) is 0.808. The van der Waals surface area contributed by atoms with E-state index in [4.69, 9.17) is 0 Å². The molecule has 2 aromatic carbocycles. The SMILES string of the molecule is CCc1ccc(S(=O)(=O)NNC(=O)c2cccc(O)c2)cc1. The molecule has 0 atom stereocenters. The summed E-state index contributed by atoms with van der Waals surface area (Å²) in [5.41, 5.74) is 3.26. The second kappa shape index (κ2) is 6.59. The minimum atomic E-state index is -3.84. The minimum absolute atomic E-state index is 0.0564. The van der Waals surface area contributed by atoms with E-state index in [-0.39, 0.29) is 16.2 Å². The first kappa shape index (κ1) is 16.0. The molecule has 7 heteroatoms. The van der Waals surface area contributed by atoms with Gasteiger partial charge in [-0.25, -0.2) is 8.42 Å². The molecule has 0 radical (unpaired) electrons. The summed E-state index contributed by atoms with van der Waals surface area (Å²) >= 11 is 0. The third-order valence-electron chi connectivity index (χ3n) is 3.05. The Balaban J connectivity index is 2.07. The maximum atomic E-state index is 12.1. The number of carbonyl (C=O) groups is 1. The van der Waals surface area contributed by atoms with Crippen molar-refractivity contribution in [2.75, 3.05) is 0 Å². The molecule has 1 amide bonds. The summed E-state index contributed by atoms with van der Waals surface area (Å²) in [5.74, 6) is -0.740. The summed E-state index contributed by atoms with van der Waals surface area (Å²) in [6, 6.07) is 12.0. The number of aromatic hydroxyl groups is 1. The smallest absolute Gasteiger partial charge is 0.266 e. The number of aryl methyl sites for hydroxylation is 1. The zero-order valence-electron chi connectivity index (χ0n) is 11.9. The van der Waals surface area contributed by atoms with Gasteiger partial charge >= 0.3 is 0 Å². The van der Waals surface area contributed by atoms with E-state index in [2.05, 4.69) is 5.43 Å². The molecule has 0 unspecified atom stereocenters. The number of hydrazine groups is 1. The third-order valence-corrected chi connectivity index (χ3v) is 4.31. The highest BCUT2D eigenvalue weighted by Crippen LogP contribution is 2.12. The highest BCUT2D eigenvalue weighted by atomic mass is 32.2. The van der Waals surface area contributed by atoms with E-state index < -0.39 is 15.9 Å². The Bertz CT molecular complexity index is 770. The van der Waals surface area contributed by atoms with Gasteiger partial charge in [-0.1, -0.05) is 25.1 Å². The molecule has 0 aliphatic rings. The first-order chi connectivity index (χ1) is 10.4. The molecular weight excluding hydrogens is 304 g/mol. The lowest BCUT2D eigenvalue weighted by molar-refractivity contribution is 0.0944. The Hall–Kier alpha value is -2.38. The van der Waals surface area contributed by atoms with Crippen LogP contribution in [0.3, 0.4) is 0 Å². The summed E-state index contributed by atoms with van der Waals surface area (Å²) in [4.78, 5) is 13.9. The van der Waals surface area contributed by atoms with Crippen molar-refractivity contribution in [1.82, 2.24) is 10.3 Å². The van der Waals surface area contributed by atoms with E-state index in [1.807, 2.05) is 11.8 Å². The molecule has 2 aromatic rings. The molecule has 0 aliphatic carbocycles. The third kappa shape index (κ3) is 3.84. The van der Waals surface area contributed by atoms with Crippen LogP contribution >= 0.6 is 0 Å². The number of nitrogens with one attached hydrogen (secondary N) is 2. The van der Waals surface area contributed by atoms with Crippen LogP contribution in [0, 0.1) is 0 Å². The molecule has 0 saturated carbocycles. The maximum Gasteiger partial charge on any atom is 0.266 e. The van der Waals surface area contributed by atoms with Gasteiger partial charge in [0.1, 0.15) is 5.75 Å². The minimum Gasteiger partial charge on any atom is -0.508 e. The zero-order valence-corrected chi connectivity index (χ0v) is 12.7. The average molecular weight is 320 g/mol. The number of sulfonamides is 1. The predicted octanol–water partition coefficient (Wildman–Crippen LogP) is 1.58. The Morgan fingerprint density at radius 3 is 2.41 bits per heavy atom. The quantitative estimate of drug-likeness (QED) is 0.729. The van der Waals surface area contributed by atoms with Crippen LogP contribution in [0.1, 0.15) is 22.8 Å². The van der Waals surface area contributed by atoms with Gasteiger partial charge in [-0.05, 0) is 42.3 Å². The van der Waals surface area contributed by atoms with Crippen LogP contribution in [-0.2, 0) is 16.4 Å². The van der Waals surface area contributed by atoms with Gasteiger partial charge in [0.2, 0.25) is 0 Å². The Kier molecular flexibility index (Phi) is 4.79. The number of hydrogen-bond donors (Lipinski definition) is 3. The topological polar surface area (TPSA) is 95.5 Å². The van der Waals surface area contributed by atoms with Gasteiger partial charge in [-0.2, -0.15) is 0 Å². The largest absolute Gasteiger partial charge is 0.508 e. The van der Waals surface area contributed by atoms with Crippen molar-refractivity contribution >= 4 is 15.9 Å². The molecule has 0 aliphatic heterocycles. The molecule has 3 N–H and O–H groups in total. The van der Waals surface area contributed by atoms with Gasteiger partial charge in [0.25, 0.3) is 15.9 Å². The lowest BCUT2D eigenvalue weighted by Crippen LogP contribution is -2.41. The molecule has 116 valence electrons. The number of amides is 1. The standard InChI is InChI=1S/C15H16N2O4S/c1-2-11-6-8-14(9-7-11)22(20,21)17-16-15(19)12-4-3-5-13(18)10-12/h3-10,17-18H,2H2,1H3,(H,16,19). The second-order valence-corrected chi connectivity index (χ2v) is 6.29. The first-order valence-electron chi connectivity index (χ1n) is 6.62. The number of rotatable bonds is 5. The van der Waals surface area contributed by atoms with Gasteiger partial charge in [-0.3, -0.25) is 10.2 Å². The molecule has 0 bridgehead atoms. The van der Waals surface area contributed by atoms with Crippen LogP contribution in [0.4, 0.5) is 0 Å². The number of carbonyl (C=O) groups excluding carboxylic acids is 1. The summed E-state index contributed by atoms with van der Waals surface area (Å²) in [5, 5.41) is 9.30. The molecule has 0 spiro atoms. The first-order valence-corrected chi connectivity index (χ1v) is 8.11. The molecule has 0 saturated heterocycles. The Morgan fingerprint density at radius 2 is 1.82 bits per heavy atom. The monoisotopic (exact) mass is 320 g/mol. The zero-order chi connectivity index (χ0) is 16.2. The van der Waals surface area contributed by atoms with Crippen LogP contribution in [0.25, 0.3) is 0 Å². The molecule has 22 heavy (non-hydrogen) atoms. The van der Waals surface area contributed by atoms with E-state index in [9.17, 15) is 18.3 Å². The summed E-state index contributed by atoms with van der Waals surface area (Å²) < 4.78 is 24.1. The van der Waals surface area contributed by atoms with Crippen molar-refractivity contribution in [2.45, 2.75) is 18.2 Å². The Labute approximate surface area is 128 Å².